The molecule has 0 fully saturated rings. The molecule has 0 saturated heterocycles. The standard InChI is InChI=1S/C17H15FN2O/c1-2-12-9-11(7-8-15(12)18)10-16-13-5-3-4-6-14(13)17(21)20-19-16/h3-9H,2,10H2,1H3,(H,20,21). The Kier molecular flexibility index (Phi) is 3.52. The van der Waals surface area contributed by atoms with E-state index in [4.69, 9.17) is 0 Å². The third kappa shape index (κ3) is 2.57. The summed E-state index contributed by atoms with van der Waals surface area (Å²) in [7, 11) is 0. The summed E-state index contributed by atoms with van der Waals surface area (Å²) in [5.41, 5.74) is 2.28. The Morgan fingerprint density at radius 3 is 2.67 bits per heavy atom. The van der Waals surface area contributed by atoms with Crippen LogP contribution in [-0.2, 0) is 12.8 Å². The van der Waals surface area contributed by atoms with Gasteiger partial charge in [-0.2, -0.15) is 5.10 Å². The Hall–Kier alpha value is -2.49. The fourth-order valence-corrected chi connectivity index (χ4v) is 2.51. The van der Waals surface area contributed by atoms with Gasteiger partial charge >= 0.3 is 0 Å². The summed E-state index contributed by atoms with van der Waals surface area (Å²) in [6.45, 7) is 1.93. The number of halogens is 1. The molecule has 1 aromatic heterocycles. The molecule has 0 aliphatic rings. The highest BCUT2D eigenvalue weighted by atomic mass is 19.1. The number of nitrogens with zero attached hydrogens (tertiary/aromatic N) is 1. The fourth-order valence-electron chi connectivity index (χ4n) is 2.51. The SMILES string of the molecule is CCc1cc(Cc2n[nH]c(=O)c3ccccc23)ccc1F. The smallest absolute Gasteiger partial charge is 0.267 e. The molecule has 4 heteroatoms. The van der Waals surface area contributed by atoms with E-state index in [9.17, 15) is 9.18 Å². The van der Waals surface area contributed by atoms with E-state index >= 15 is 0 Å². The number of H-pyrrole nitrogens is 1. The molecule has 3 nitrogen and oxygen atoms in total. The van der Waals surface area contributed by atoms with Crippen molar-refractivity contribution in [2.45, 2.75) is 19.8 Å². The Bertz CT molecular complexity index is 855. The van der Waals surface area contributed by atoms with Crippen molar-refractivity contribution in [3.63, 3.8) is 0 Å². The summed E-state index contributed by atoms with van der Waals surface area (Å²) in [6, 6.07) is 12.5. The van der Waals surface area contributed by atoms with E-state index in [0.717, 1.165) is 16.6 Å². The summed E-state index contributed by atoms with van der Waals surface area (Å²) in [6.07, 6.45) is 1.21. The van der Waals surface area contributed by atoms with Gasteiger partial charge in [0, 0.05) is 11.8 Å². The minimum Gasteiger partial charge on any atom is -0.267 e. The van der Waals surface area contributed by atoms with Crippen molar-refractivity contribution in [3.8, 4) is 0 Å². The molecule has 0 bridgehead atoms. The van der Waals surface area contributed by atoms with E-state index < -0.39 is 0 Å². The highest BCUT2D eigenvalue weighted by Gasteiger charge is 2.08. The van der Waals surface area contributed by atoms with Crippen LogP contribution in [0.2, 0.25) is 0 Å². The molecule has 1 N–H and O–H groups in total. The van der Waals surface area contributed by atoms with Crippen LogP contribution in [0.3, 0.4) is 0 Å². The van der Waals surface area contributed by atoms with Crippen LogP contribution in [-0.4, -0.2) is 10.2 Å². The minimum atomic E-state index is -0.192. The average Bonchev–Trinajstić information content (AvgIpc) is 2.52. The van der Waals surface area contributed by atoms with Gasteiger partial charge in [0.2, 0.25) is 0 Å². The fraction of sp³-hybridized carbons (Fsp3) is 0.176. The number of aromatic nitrogens is 2. The van der Waals surface area contributed by atoms with Crippen LogP contribution in [0.5, 0.6) is 0 Å². The zero-order valence-electron chi connectivity index (χ0n) is 11.7. The van der Waals surface area contributed by atoms with Gasteiger partial charge in [0.25, 0.3) is 5.56 Å². The molecule has 0 amide bonds. The molecule has 0 aliphatic carbocycles. The third-order valence-electron chi connectivity index (χ3n) is 3.64. The number of hydrogen-bond acceptors (Lipinski definition) is 2. The van der Waals surface area contributed by atoms with Gasteiger partial charge < -0.3 is 0 Å². The molecular formula is C17H15FN2O. The van der Waals surface area contributed by atoms with Gasteiger partial charge in [0.05, 0.1) is 11.1 Å². The van der Waals surface area contributed by atoms with Crippen molar-refractivity contribution in [1.82, 2.24) is 10.2 Å². The van der Waals surface area contributed by atoms with Gasteiger partial charge in [-0.1, -0.05) is 37.3 Å². The molecule has 0 aliphatic heterocycles. The lowest BCUT2D eigenvalue weighted by Crippen LogP contribution is -2.11. The molecule has 3 rings (SSSR count). The Morgan fingerprint density at radius 2 is 1.90 bits per heavy atom. The molecule has 0 radical (unpaired) electrons. The molecule has 1 heterocycles. The van der Waals surface area contributed by atoms with Crippen LogP contribution in [0.15, 0.2) is 47.3 Å². The van der Waals surface area contributed by atoms with E-state index in [-0.39, 0.29) is 11.4 Å². The lowest BCUT2D eigenvalue weighted by atomic mass is 10.0. The van der Waals surface area contributed by atoms with Crippen molar-refractivity contribution in [1.29, 1.82) is 0 Å². The van der Waals surface area contributed by atoms with Crippen molar-refractivity contribution in [2.24, 2.45) is 0 Å². The number of fused-ring (bicyclic) bond motifs is 1. The van der Waals surface area contributed by atoms with Crippen molar-refractivity contribution < 1.29 is 4.39 Å². The highest BCUT2D eigenvalue weighted by molar-refractivity contribution is 5.83. The molecule has 3 aromatic rings. The Labute approximate surface area is 121 Å². The monoisotopic (exact) mass is 282 g/mol. The van der Waals surface area contributed by atoms with Gasteiger partial charge in [0.1, 0.15) is 5.82 Å². The summed E-state index contributed by atoms with van der Waals surface area (Å²) in [5.74, 6) is -0.180. The zero-order valence-corrected chi connectivity index (χ0v) is 11.7. The van der Waals surface area contributed by atoms with Crippen LogP contribution < -0.4 is 5.56 Å². The van der Waals surface area contributed by atoms with E-state index in [1.807, 2.05) is 31.2 Å². The summed E-state index contributed by atoms with van der Waals surface area (Å²) < 4.78 is 13.6. The molecule has 0 saturated carbocycles. The summed E-state index contributed by atoms with van der Waals surface area (Å²) >= 11 is 0. The second kappa shape index (κ2) is 5.48. The number of rotatable bonds is 3. The van der Waals surface area contributed by atoms with Crippen LogP contribution in [0.4, 0.5) is 4.39 Å². The van der Waals surface area contributed by atoms with Crippen molar-refractivity contribution in [2.75, 3.05) is 0 Å². The van der Waals surface area contributed by atoms with Crippen LogP contribution in [0.25, 0.3) is 10.8 Å². The average molecular weight is 282 g/mol. The second-order valence-corrected chi connectivity index (χ2v) is 5.00. The summed E-state index contributed by atoms with van der Waals surface area (Å²) in [4.78, 5) is 11.8. The van der Waals surface area contributed by atoms with Crippen molar-refractivity contribution >= 4 is 10.8 Å². The number of benzene rings is 2. The predicted octanol–water partition coefficient (Wildman–Crippen LogP) is 3.22. The van der Waals surface area contributed by atoms with Gasteiger partial charge in [-0.3, -0.25) is 4.79 Å². The zero-order chi connectivity index (χ0) is 14.8. The highest BCUT2D eigenvalue weighted by Crippen LogP contribution is 2.18. The van der Waals surface area contributed by atoms with Crippen LogP contribution >= 0.6 is 0 Å². The van der Waals surface area contributed by atoms with E-state index in [1.165, 1.54) is 6.07 Å². The molecule has 2 aromatic carbocycles. The first-order chi connectivity index (χ1) is 10.2. The van der Waals surface area contributed by atoms with Gasteiger partial charge in [-0.25, -0.2) is 9.49 Å². The molecule has 0 spiro atoms. The van der Waals surface area contributed by atoms with Crippen molar-refractivity contribution in [3.05, 3.63) is 75.5 Å². The molecule has 106 valence electrons. The maximum atomic E-state index is 13.6. The first-order valence-electron chi connectivity index (χ1n) is 6.92. The molecule has 0 unspecified atom stereocenters. The minimum absolute atomic E-state index is 0.180. The quantitative estimate of drug-likeness (QED) is 0.801. The van der Waals surface area contributed by atoms with E-state index in [0.29, 0.717) is 23.8 Å². The Balaban J connectivity index is 2.06. The number of aromatic amines is 1. The molecule has 21 heavy (non-hydrogen) atoms. The van der Waals surface area contributed by atoms with E-state index in [1.54, 1.807) is 12.1 Å². The second-order valence-electron chi connectivity index (χ2n) is 5.00. The van der Waals surface area contributed by atoms with Gasteiger partial charge in [0.15, 0.2) is 0 Å². The maximum Gasteiger partial charge on any atom is 0.272 e. The maximum absolute atomic E-state index is 13.6. The molecule has 0 atom stereocenters. The normalized spacial score (nSPS) is 11.0. The number of hydrogen-bond donors (Lipinski definition) is 1. The van der Waals surface area contributed by atoms with Gasteiger partial charge in [-0.15, -0.1) is 0 Å². The van der Waals surface area contributed by atoms with E-state index in [2.05, 4.69) is 10.2 Å². The first-order valence-corrected chi connectivity index (χ1v) is 6.92. The first kappa shape index (κ1) is 13.5. The number of nitrogens with one attached hydrogen (secondary N) is 1. The largest absolute Gasteiger partial charge is 0.272 e. The third-order valence-corrected chi connectivity index (χ3v) is 3.64. The lowest BCUT2D eigenvalue weighted by molar-refractivity contribution is 0.611. The Morgan fingerprint density at radius 1 is 1.14 bits per heavy atom. The van der Waals surface area contributed by atoms with Gasteiger partial charge in [-0.05, 0) is 29.7 Å². The summed E-state index contributed by atoms with van der Waals surface area (Å²) in [5, 5.41) is 8.13. The van der Waals surface area contributed by atoms with Crippen LogP contribution in [0.1, 0.15) is 23.7 Å². The topological polar surface area (TPSA) is 45.8 Å². The predicted molar refractivity (Wildman–Crippen MR) is 80.9 cm³/mol. The lowest BCUT2D eigenvalue weighted by Gasteiger charge is -2.07. The van der Waals surface area contributed by atoms with Crippen LogP contribution in [0, 0.1) is 5.82 Å². The number of aryl methyl sites for hydroxylation is 1. The molecular weight excluding hydrogens is 267 g/mol.